The van der Waals surface area contributed by atoms with Crippen molar-refractivity contribution in [3.05, 3.63) is 102 Å². The van der Waals surface area contributed by atoms with Crippen LogP contribution in [0.25, 0.3) is 38.6 Å². The van der Waals surface area contributed by atoms with Crippen LogP contribution in [-0.2, 0) is 0 Å². The van der Waals surface area contributed by atoms with Crippen molar-refractivity contribution in [3.8, 4) is 16.8 Å². The summed E-state index contributed by atoms with van der Waals surface area (Å²) in [5.41, 5.74) is 5.76. The Morgan fingerprint density at radius 2 is 1.31 bits per heavy atom. The van der Waals surface area contributed by atoms with Gasteiger partial charge in [0.25, 0.3) is 0 Å². The van der Waals surface area contributed by atoms with Gasteiger partial charge in [-0.3, -0.25) is 0 Å². The summed E-state index contributed by atoms with van der Waals surface area (Å²) in [6, 6.07) is 33.6. The van der Waals surface area contributed by atoms with Crippen molar-refractivity contribution in [1.82, 2.24) is 4.57 Å². The van der Waals surface area contributed by atoms with Crippen molar-refractivity contribution in [2.75, 3.05) is 0 Å². The number of hydrogen-bond acceptors (Lipinski definition) is 0. The SMILES string of the molecule is Clc1cccc2c3ccc(-c4ccccc4)cc3n(-c3ccccc3)c12. The smallest absolute Gasteiger partial charge is 0.0727 e. The van der Waals surface area contributed by atoms with Gasteiger partial charge in [0, 0.05) is 16.5 Å². The lowest BCUT2D eigenvalue weighted by Crippen LogP contribution is -1.94. The number of fused-ring (bicyclic) bond motifs is 3. The molecular weight excluding hydrogens is 338 g/mol. The highest BCUT2D eigenvalue weighted by Crippen LogP contribution is 2.37. The van der Waals surface area contributed by atoms with Gasteiger partial charge in [0.1, 0.15) is 0 Å². The summed E-state index contributed by atoms with van der Waals surface area (Å²) in [4.78, 5) is 0. The Balaban J connectivity index is 1.91. The lowest BCUT2D eigenvalue weighted by Gasteiger charge is -2.09. The lowest BCUT2D eigenvalue weighted by molar-refractivity contribution is 1.18. The van der Waals surface area contributed by atoms with Gasteiger partial charge in [-0.25, -0.2) is 0 Å². The Bertz CT molecular complexity index is 1220. The number of rotatable bonds is 2. The van der Waals surface area contributed by atoms with Crippen LogP contribution in [-0.4, -0.2) is 4.57 Å². The summed E-state index contributed by atoms with van der Waals surface area (Å²) >= 11 is 6.62. The molecule has 0 radical (unpaired) electrons. The van der Waals surface area contributed by atoms with Crippen LogP contribution in [0, 0.1) is 0 Å². The maximum atomic E-state index is 6.62. The molecule has 124 valence electrons. The molecule has 0 saturated carbocycles. The van der Waals surface area contributed by atoms with E-state index in [1.807, 2.05) is 24.3 Å². The molecule has 5 aromatic rings. The number of aromatic nitrogens is 1. The molecule has 0 amide bonds. The minimum Gasteiger partial charge on any atom is -0.308 e. The van der Waals surface area contributed by atoms with Gasteiger partial charge in [0.2, 0.25) is 0 Å². The minimum atomic E-state index is 0.767. The van der Waals surface area contributed by atoms with E-state index in [-0.39, 0.29) is 0 Å². The van der Waals surface area contributed by atoms with Gasteiger partial charge < -0.3 is 4.57 Å². The highest BCUT2D eigenvalue weighted by atomic mass is 35.5. The molecule has 4 aromatic carbocycles. The van der Waals surface area contributed by atoms with E-state index in [2.05, 4.69) is 77.4 Å². The molecule has 2 heteroatoms. The zero-order chi connectivity index (χ0) is 17.5. The first-order valence-electron chi connectivity index (χ1n) is 8.66. The first-order chi connectivity index (χ1) is 12.8. The molecule has 1 nitrogen and oxygen atoms in total. The van der Waals surface area contributed by atoms with Gasteiger partial charge in [-0.1, -0.05) is 84.4 Å². The van der Waals surface area contributed by atoms with Crippen LogP contribution < -0.4 is 0 Å². The van der Waals surface area contributed by atoms with Gasteiger partial charge in [-0.15, -0.1) is 0 Å². The molecule has 0 saturated heterocycles. The molecule has 0 spiro atoms. The van der Waals surface area contributed by atoms with E-state index in [9.17, 15) is 0 Å². The average molecular weight is 354 g/mol. The summed E-state index contributed by atoms with van der Waals surface area (Å²) in [6.07, 6.45) is 0. The van der Waals surface area contributed by atoms with E-state index in [1.54, 1.807) is 0 Å². The molecule has 1 aromatic heterocycles. The van der Waals surface area contributed by atoms with Crippen molar-refractivity contribution >= 4 is 33.4 Å². The van der Waals surface area contributed by atoms with Crippen molar-refractivity contribution in [2.24, 2.45) is 0 Å². The molecule has 0 unspecified atom stereocenters. The molecule has 0 aliphatic rings. The second kappa shape index (κ2) is 6.05. The molecular formula is C24H16ClN. The number of para-hydroxylation sites is 2. The monoisotopic (exact) mass is 353 g/mol. The van der Waals surface area contributed by atoms with Crippen LogP contribution in [0.5, 0.6) is 0 Å². The van der Waals surface area contributed by atoms with E-state index >= 15 is 0 Å². The van der Waals surface area contributed by atoms with Gasteiger partial charge >= 0.3 is 0 Å². The fraction of sp³-hybridized carbons (Fsp3) is 0. The number of nitrogens with zero attached hydrogens (tertiary/aromatic N) is 1. The van der Waals surface area contributed by atoms with Crippen molar-refractivity contribution < 1.29 is 0 Å². The fourth-order valence-corrected chi connectivity index (χ4v) is 3.94. The maximum Gasteiger partial charge on any atom is 0.0727 e. The van der Waals surface area contributed by atoms with Gasteiger partial charge in [0.05, 0.1) is 16.1 Å². The number of halogens is 1. The Morgan fingerprint density at radius 1 is 0.577 bits per heavy atom. The molecule has 0 aliphatic heterocycles. The molecule has 0 bridgehead atoms. The predicted molar refractivity (Wildman–Crippen MR) is 111 cm³/mol. The topological polar surface area (TPSA) is 4.93 Å². The zero-order valence-electron chi connectivity index (χ0n) is 14.1. The van der Waals surface area contributed by atoms with E-state index in [0.717, 1.165) is 16.2 Å². The largest absolute Gasteiger partial charge is 0.308 e. The van der Waals surface area contributed by atoms with Crippen LogP contribution in [0.4, 0.5) is 0 Å². The molecule has 0 N–H and O–H groups in total. The summed E-state index contributed by atoms with van der Waals surface area (Å²) in [5.74, 6) is 0. The fourth-order valence-electron chi connectivity index (χ4n) is 3.68. The Morgan fingerprint density at radius 3 is 2.08 bits per heavy atom. The second-order valence-electron chi connectivity index (χ2n) is 6.40. The minimum absolute atomic E-state index is 0.767. The predicted octanol–water partition coefficient (Wildman–Crippen LogP) is 7.10. The zero-order valence-corrected chi connectivity index (χ0v) is 14.8. The van der Waals surface area contributed by atoms with Crippen LogP contribution in [0.1, 0.15) is 0 Å². The van der Waals surface area contributed by atoms with Crippen molar-refractivity contribution in [3.63, 3.8) is 0 Å². The van der Waals surface area contributed by atoms with Crippen LogP contribution >= 0.6 is 11.6 Å². The third-order valence-electron chi connectivity index (χ3n) is 4.86. The Hall–Kier alpha value is -3.03. The normalized spacial score (nSPS) is 11.3. The van der Waals surface area contributed by atoms with E-state index in [0.29, 0.717) is 0 Å². The third-order valence-corrected chi connectivity index (χ3v) is 5.17. The Kier molecular flexibility index (Phi) is 3.55. The van der Waals surface area contributed by atoms with Crippen LogP contribution in [0.2, 0.25) is 5.02 Å². The molecule has 0 aliphatic carbocycles. The van der Waals surface area contributed by atoms with Crippen LogP contribution in [0.15, 0.2) is 97.1 Å². The molecule has 26 heavy (non-hydrogen) atoms. The molecule has 5 rings (SSSR count). The average Bonchev–Trinajstić information content (AvgIpc) is 3.04. The summed E-state index contributed by atoms with van der Waals surface area (Å²) < 4.78 is 2.26. The lowest BCUT2D eigenvalue weighted by atomic mass is 10.0. The highest BCUT2D eigenvalue weighted by Gasteiger charge is 2.15. The molecule has 1 heterocycles. The summed E-state index contributed by atoms with van der Waals surface area (Å²) in [5, 5.41) is 3.16. The first kappa shape index (κ1) is 15.2. The quantitative estimate of drug-likeness (QED) is 0.319. The van der Waals surface area contributed by atoms with E-state index < -0.39 is 0 Å². The first-order valence-corrected chi connectivity index (χ1v) is 9.04. The van der Waals surface area contributed by atoms with E-state index in [4.69, 9.17) is 11.6 Å². The molecule has 0 fully saturated rings. The number of benzene rings is 4. The Labute approximate surface area is 157 Å². The second-order valence-corrected chi connectivity index (χ2v) is 6.81. The van der Waals surface area contributed by atoms with Crippen LogP contribution in [0.3, 0.4) is 0 Å². The maximum absolute atomic E-state index is 6.62. The van der Waals surface area contributed by atoms with Gasteiger partial charge in [-0.05, 0) is 35.4 Å². The van der Waals surface area contributed by atoms with Gasteiger partial charge in [-0.2, -0.15) is 0 Å². The molecule has 0 atom stereocenters. The van der Waals surface area contributed by atoms with Crippen molar-refractivity contribution in [1.29, 1.82) is 0 Å². The van der Waals surface area contributed by atoms with Crippen molar-refractivity contribution in [2.45, 2.75) is 0 Å². The third kappa shape index (κ3) is 2.33. The standard InChI is InChI=1S/C24H16ClN/c25-22-13-7-12-21-20-15-14-18(17-8-3-1-4-9-17)16-23(20)26(24(21)22)19-10-5-2-6-11-19/h1-16H. The highest BCUT2D eigenvalue weighted by molar-refractivity contribution is 6.36. The number of hydrogen-bond donors (Lipinski definition) is 0. The summed E-state index contributed by atoms with van der Waals surface area (Å²) in [6.45, 7) is 0. The van der Waals surface area contributed by atoms with E-state index in [1.165, 1.54) is 27.4 Å². The summed E-state index contributed by atoms with van der Waals surface area (Å²) in [7, 11) is 0. The van der Waals surface area contributed by atoms with Gasteiger partial charge in [0.15, 0.2) is 0 Å².